The fourth-order valence-corrected chi connectivity index (χ4v) is 4.98. The summed E-state index contributed by atoms with van der Waals surface area (Å²) in [7, 11) is 0. The van der Waals surface area contributed by atoms with Gasteiger partial charge in [0.05, 0.1) is 0 Å². The lowest BCUT2D eigenvalue weighted by Gasteiger charge is -2.43. The van der Waals surface area contributed by atoms with Crippen molar-refractivity contribution >= 4 is 0 Å². The van der Waals surface area contributed by atoms with Crippen molar-refractivity contribution in [1.82, 2.24) is 10.2 Å². The van der Waals surface area contributed by atoms with E-state index in [2.05, 4.69) is 31.0 Å². The molecule has 0 radical (unpaired) electrons. The van der Waals surface area contributed by atoms with E-state index in [-0.39, 0.29) is 0 Å². The van der Waals surface area contributed by atoms with Crippen LogP contribution in [0.25, 0.3) is 0 Å². The SMILES string of the molecule is CCCNC1CC2CCC(C1)N2C1CCC(C)(C)C1. The van der Waals surface area contributed by atoms with E-state index in [4.69, 9.17) is 0 Å². The Morgan fingerprint density at radius 3 is 2.26 bits per heavy atom. The first-order valence-corrected chi connectivity index (χ1v) is 8.60. The molecular formula is C17H32N2. The van der Waals surface area contributed by atoms with Crippen LogP contribution >= 0.6 is 0 Å². The highest BCUT2D eigenvalue weighted by Crippen LogP contribution is 2.46. The third kappa shape index (κ3) is 2.85. The van der Waals surface area contributed by atoms with E-state index in [1.807, 2.05) is 0 Å². The van der Waals surface area contributed by atoms with Gasteiger partial charge in [0.25, 0.3) is 0 Å². The van der Waals surface area contributed by atoms with Gasteiger partial charge in [0.1, 0.15) is 0 Å². The highest BCUT2D eigenvalue weighted by molar-refractivity contribution is 5.02. The molecule has 1 saturated carbocycles. The Labute approximate surface area is 119 Å². The van der Waals surface area contributed by atoms with E-state index >= 15 is 0 Å². The van der Waals surface area contributed by atoms with Gasteiger partial charge in [-0.1, -0.05) is 20.8 Å². The maximum absolute atomic E-state index is 3.77. The molecule has 2 nitrogen and oxygen atoms in total. The van der Waals surface area contributed by atoms with Crippen molar-refractivity contribution in [3.05, 3.63) is 0 Å². The number of piperidine rings is 1. The smallest absolute Gasteiger partial charge is 0.0116 e. The van der Waals surface area contributed by atoms with E-state index in [0.29, 0.717) is 5.41 Å². The first-order chi connectivity index (χ1) is 9.09. The fraction of sp³-hybridized carbons (Fsp3) is 1.00. The van der Waals surface area contributed by atoms with Crippen LogP contribution in [0.2, 0.25) is 0 Å². The summed E-state index contributed by atoms with van der Waals surface area (Å²) in [6, 6.07) is 3.50. The van der Waals surface area contributed by atoms with Gasteiger partial charge in [0.2, 0.25) is 0 Å². The topological polar surface area (TPSA) is 15.3 Å². The zero-order chi connectivity index (χ0) is 13.5. The highest BCUT2D eigenvalue weighted by Gasteiger charge is 2.46. The van der Waals surface area contributed by atoms with Gasteiger partial charge in [-0.05, 0) is 63.3 Å². The summed E-state index contributed by atoms with van der Waals surface area (Å²) >= 11 is 0. The Balaban J connectivity index is 1.61. The van der Waals surface area contributed by atoms with Gasteiger partial charge in [0, 0.05) is 24.2 Å². The zero-order valence-electron chi connectivity index (χ0n) is 13.1. The lowest BCUT2D eigenvalue weighted by molar-refractivity contribution is 0.0676. The van der Waals surface area contributed by atoms with Crippen LogP contribution in [0.5, 0.6) is 0 Å². The van der Waals surface area contributed by atoms with Crippen LogP contribution in [0, 0.1) is 5.41 Å². The Hall–Kier alpha value is -0.0800. The van der Waals surface area contributed by atoms with Crippen molar-refractivity contribution in [1.29, 1.82) is 0 Å². The number of nitrogens with one attached hydrogen (secondary N) is 1. The third-order valence-corrected chi connectivity index (χ3v) is 5.84. The van der Waals surface area contributed by atoms with Crippen molar-refractivity contribution in [2.45, 2.75) is 96.3 Å². The minimum Gasteiger partial charge on any atom is -0.314 e. The maximum Gasteiger partial charge on any atom is 0.0116 e. The van der Waals surface area contributed by atoms with Gasteiger partial charge in [-0.15, -0.1) is 0 Å². The molecule has 2 aliphatic heterocycles. The van der Waals surface area contributed by atoms with Crippen molar-refractivity contribution < 1.29 is 0 Å². The van der Waals surface area contributed by atoms with Crippen LogP contribution in [-0.4, -0.2) is 35.6 Å². The van der Waals surface area contributed by atoms with E-state index in [1.165, 1.54) is 57.9 Å². The van der Waals surface area contributed by atoms with Crippen molar-refractivity contribution in [2.24, 2.45) is 5.41 Å². The monoisotopic (exact) mass is 264 g/mol. The Bertz CT molecular complexity index is 298. The van der Waals surface area contributed by atoms with Crippen LogP contribution in [0.3, 0.4) is 0 Å². The Morgan fingerprint density at radius 1 is 1.05 bits per heavy atom. The van der Waals surface area contributed by atoms with Crippen molar-refractivity contribution in [3.63, 3.8) is 0 Å². The van der Waals surface area contributed by atoms with E-state index in [9.17, 15) is 0 Å². The normalized spacial score (nSPS) is 41.8. The summed E-state index contributed by atoms with van der Waals surface area (Å²) in [5.41, 5.74) is 0.599. The molecule has 0 amide bonds. The molecular weight excluding hydrogens is 232 g/mol. The number of rotatable bonds is 4. The van der Waals surface area contributed by atoms with Crippen molar-refractivity contribution in [3.8, 4) is 0 Å². The van der Waals surface area contributed by atoms with Gasteiger partial charge < -0.3 is 5.32 Å². The molecule has 0 spiro atoms. The van der Waals surface area contributed by atoms with E-state index < -0.39 is 0 Å². The molecule has 2 saturated heterocycles. The van der Waals surface area contributed by atoms with Crippen LogP contribution in [0.1, 0.15) is 72.1 Å². The minimum absolute atomic E-state index is 0.599. The Morgan fingerprint density at radius 2 is 1.74 bits per heavy atom. The largest absolute Gasteiger partial charge is 0.314 e. The van der Waals surface area contributed by atoms with E-state index in [1.54, 1.807) is 0 Å². The third-order valence-electron chi connectivity index (χ3n) is 5.84. The number of nitrogens with zero attached hydrogens (tertiary/aromatic N) is 1. The lowest BCUT2D eigenvalue weighted by Crippen LogP contribution is -2.52. The lowest BCUT2D eigenvalue weighted by atomic mass is 9.90. The maximum atomic E-state index is 3.77. The van der Waals surface area contributed by atoms with Crippen LogP contribution in [-0.2, 0) is 0 Å². The number of fused-ring (bicyclic) bond motifs is 2. The van der Waals surface area contributed by atoms with Crippen LogP contribution in [0.4, 0.5) is 0 Å². The second kappa shape index (κ2) is 5.37. The summed E-state index contributed by atoms with van der Waals surface area (Å²) in [6.07, 6.45) is 11.3. The van der Waals surface area contributed by atoms with Crippen LogP contribution in [0.15, 0.2) is 0 Å². The highest BCUT2D eigenvalue weighted by atomic mass is 15.3. The first kappa shape index (κ1) is 13.9. The molecule has 19 heavy (non-hydrogen) atoms. The molecule has 110 valence electrons. The number of hydrogen-bond donors (Lipinski definition) is 1. The fourth-order valence-electron chi connectivity index (χ4n) is 4.98. The summed E-state index contributed by atoms with van der Waals surface area (Å²) in [4.78, 5) is 2.96. The van der Waals surface area contributed by atoms with Gasteiger partial charge in [-0.25, -0.2) is 0 Å². The molecule has 2 bridgehead atoms. The molecule has 3 rings (SSSR count). The summed E-state index contributed by atoms with van der Waals surface area (Å²) in [6.45, 7) is 8.41. The van der Waals surface area contributed by atoms with Crippen molar-refractivity contribution in [2.75, 3.05) is 6.54 Å². The van der Waals surface area contributed by atoms with Gasteiger partial charge in [-0.3, -0.25) is 4.90 Å². The van der Waals surface area contributed by atoms with Gasteiger partial charge in [-0.2, -0.15) is 0 Å². The molecule has 3 atom stereocenters. The second-order valence-electron chi connectivity index (χ2n) is 8.02. The molecule has 2 heterocycles. The molecule has 0 aromatic heterocycles. The predicted molar refractivity (Wildman–Crippen MR) is 81.4 cm³/mol. The van der Waals surface area contributed by atoms with Gasteiger partial charge >= 0.3 is 0 Å². The molecule has 0 aromatic rings. The molecule has 1 N–H and O–H groups in total. The average molecular weight is 264 g/mol. The van der Waals surface area contributed by atoms with E-state index in [0.717, 1.165) is 24.2 Å². The standard InChI is InChI=1S/C17H32N2/c1-4-9-18-13-10-14-5-6-15(11-13)19(14)16-7-8-17(2,3)12-16/h13-16,18H,4-12H2,1-3H3. The molecule has 3 fully saturated rings. The second-order valence-corrected chi connectivity index (χ2v) is 8.02. The Kier molecular flexibility index (Phi) is 3.92. The molecule has 3 aliphatic rings. The minimum atomic E-state index is 0.599. The summed E-state index contributed by atoms with van der Waals surface area (Å²) < 4.78 is 0. The summed E-state index contributed by atoms with van der Waals surface area (Å²) in [5.74, 6) is 0. The quantitative estimate of drug-likeness (QED) is 0.835. The average Bonchev–Trinajstić information content (AvgIpc) is 2.84. The number of hydrogen-bond acceptors (Lipinski definition) is 2. The molecule has 2 heteroatoms. The van der Waals surface area contributed by atoms with Gasteiger partial charge in [0.15, 0.2) is 0 Å². The molecule has 0 aromatic carbocycles. The first-order valence-electron chi connectivity index (χ1n) is 8.60. The summed E-state index contributed by atoms with van der Waals surface area (Å²) in [5, 5.41) is 3.77. The molecule has 3 unspecified atom stereocenters. The zero-order valence-corrected chi connectivity index (χ0v) is 13.1. The molecule has 1 aliphatic carbocycles. The predicted octanol–water partition coefficient (Wildman–Crippen LogP) is 3.56. The van der Waals surface area contributed by atoms with Crippen LogP contribution < -0.4 is 5.32 Å².